The van der Waals surface area contributed by atoms with Gasteiger partial charge in [0.2, 0.25) is 0 Å². The second-order valence-corrected chi connectivity index (χ2v) is 4.19. The molecule has 2 N–H and O–H groups in total. The molecule has 0 bridgehead atoms. The Kier molecular flexibility index (Phi) is 3.36. The Bertz CT molecular complexity index is 481. The van der Waals surface area contributed by atoms with Crippen LogP contribution in [0, 0.1) is 0 Å². The fraction of sp³-hybridized carbons (Fsp3) is 0.0909. The molecule has 16 heavy (non-hydrogen) atoms. The van der Waals surface area contributed by atoms with E-state index in [0.717, 1.165) is 10.0 Å². The number of hydrogen-bond donors (Lipinski definition) is 2. The van der Waals surface area contributed by atoms with Gasteiger partial charge < -0.3 is 10.3 Å². The summed E-state index contributed by atoms with van der Waals surface area (Å²) in [4.78, 5) is 18.4. The standard InChI is InChI=1S/C11H10BrN3O/c12-9-5-10(14-7-9)11(16)15-6-8-1-3-13-4-2-8/h1-5,7,14H,6H2,(H,15,16). The number of nitrogens with zero attached hydrogens (tertiary/aromatic N) is 1. The normalized spacial score (nSPS) is 10.1. The molecule has 2 heterocycles. The third-order valence-electron chi connectivity index (χ3n) is 2.09. The van der Waals surface area contributed by atoms with Crippen LogP contribution in [-0.4, -0.2) is 15.9 Å². The fourth-order valence-corrected chi connectivity index (χ4v) is 1.62. The summed E-state index contributed by atoms with van der Waals surface area (Å²) < 4.78 is 0.863. The minimum Gasteiger partial charge on any atom is -0.356 e. The van der Waals surface area contributed by atoms with Crippen LogP contribution in [0.2, 0.25) is 0 Å². The predicted molar refractivity (Wildman–Crippen MR) is 63.9 cm³/mol. The van der Waals surface area contributed by atoms with Crippen molar-refractivity contribution in [2.45, 2.75) is 6.54 Å². The van der Waals surface area contributed by atoms with Gasteiger partial charge in [0.1, 0.15) is 5.69 Å². The van der Waals surface area contributed by atoms with E-state index in [0.29, 0.717) is 12.2 Å². The van der Waals surface area contributed by atoms with Gasteiger partial charge in [-0.3, -0.25) is 9.78 Å². The molecule has 0 radical (unpaired) electrons. The maximum absolute atomic E-state index is 11.7. The summed E-state index contributed by atoms with van der Waals surface area (Å²) in [5, 5.41) is 2.81. The van der Waals surface area contributed by atoms with Gasteiger partial charge in [-0.25, -0.2) is 0 Å². The molecule has 2 rings (SSSR count). The number of amides is 1. The first-order chi connectivity index (χ1) is 7.75. The summed E-state index contributed by atoms with van der Waals surface area (Å²) in [7, 11) is 0. The molecule has 1 amide bonds. The minimum absolute atomic E-state index is 0.123. The summed E-state index contributed by atoms with van der Waals surface area (Å²) in [6.45, 7) is 0.498. The van der Waals surface area contributed by atoms with Gasteiger partial charge >= 0.3 is 0 Å². The Morgan fingerprint density at radius 2 is 2.19 bits per heavy atom. The Balaban J connectivity index is 1.94. The number of aromatic amines is 1. The zero-order chi connectivity index (χ0) is 11.4. The van der Waals surface area contributed by atoms with E-state index in [2.05, 4.69) is 31.2 Å². The predicted octanol–water partition coefficient (Wildman–Crippen LogP) is 2.10. The first-order valence-electron chi connectivity index (χ1n) is 4.77. The fourth-order valence-electron chi connectivity index (χ4n) is 1.28. The molecule has 0 spiro atoms. The molecule has 0 saturated heterocycles. The van der Waals surface area contributed by atoms with Crippen LogP contribution in [0.15, 0.2) is 41.3 Å². The number of carbonyl (C=O) groups excluding carboxylic acids is 1. The second kappa shape index (κ2) is 4.94. The van der Waals surface area contributed by atoms with Gasteiger partial charge in [-0.2, -0.15) is 0 Å². The number of halogens is 1. The largest absolute Gasteiger partial charge is 0.356 e. The van der Waals surface area contributed by atoms with Gasteiger partial charge in [-0.15, -0.1) is 0 Å². The molecule has 0 aliphatic carbocycles. The van der Waals surface area contributed by atoms with Crippen molar-refractivity contribution in [1.29, 1.82) is 0 Å². The Hall–Kier alpha value is -1.62. The highest BCUT2D eigenvalue weighted by Gasteiger charge is 2.06. The molecule has 0 fully saturated rings. The highest BCUT2D eigenvalue weighted by Crippen LogP contribution is 2.10. The number of aromatic nitrogens is 2. The van der Waals surface area contributed by atoms with Crippen molar-refractivity contribution in [3.63, 3.8) is 0 Å². The lowest BCUT2D eigenvalue weighted by atomic mass is 10.2. The molecule has 0 aliphatic heterocycles. The van der Waals surface area contributed by atoms with Crippen LogP contribution in [0.1, 0.15) is 16.1 Å². The first-order valence-corrected chi connectivity index (χ1v) is 5.56. The number of nitrogens with one attached hydrogen (secondary N) is 2. The molecule has 4 nitrogen and oxygen atoms in total. The van der Waals surface area contributed by atoms with E-state index in [1.165, 1.54) is 0 Å². The molecule has 0 aromatic carbocycles. The van der Waals surface area contributed by atoms with Crippen LogP contribution in [0.3, 0.4) is 0 Å². The molecule has 5 heteroatoms. The van der Waals surface area contributed by atoms with Crippen LogP contribution in [0.5, 0.6) is 0 Å². The number of hydrogen-bond acceptors (Lipinski definition) is 2. The van der Waals surface area contributed by atoms with E-state index in [1.807, 2.05) is 12.1 Å². The van der Waals surface area contributed by atoms with Crippen LogP contribution in [0.25, 0.3) is 0 Å². The van der Waals surface area contributed by atoms with Crippen LogP contribution in [0.4, 0.5) is 0 Å². The average Bonchev–Trinajstić information content (AvgIpc) is 2.74. The van der Waals surface area contributed by atoms with E-state index in [4.69, 9.17) is 0 Å². The Morgan fingerprint density at radius 3 is 2.81 bits per heavy atom. The highest BCUT2D eigenvalue weighted by atomic mass is 79.9. The van der Waals surface area contributed by atoms with E-state index < -0.39 is 0 Å². The van der Waals surface area contributed by atoms with Crippen molar-refractivity contribution in [2.24, 2.45) is 0 Å². The van der Waals surface area contributed by atoms with Crippen molar-refractivity contribution in [1.82, 2.24) is 15.3 Å². The van der Waals surface area contributed by atoms with E-state index in [1.54, 1.807) is 24.7 Å². The van der Waals surface area contributed by atoms with Gasteiger partial charge in [-0.1, -0.05) is 0 Å². The van der Waals surface area contributed by atoms with Crippen molar-refractivity contribution in [3.05, 3.63) is 52.5 Å². The maximum Gasteiger partial charge on any atom is 0.267 e. The number of rotatable bonds is 3. The van der Waals surface area contributed by atoms with Crippen LogP contribution in [-0.2, 0) is 6.54 Å². The van der Waals surface area contributed by atoms with Crippen molar-refractivity contribution >= 4 is 21.8 Å². The van der Waals surface area contributed by atoms with Crippen molar-refractivity contribution < 1.29 is 4.79 Å². The molecular weight excluding hydrogens is 270 g/mol. The Labute approximate surface area is 101 Å². The molecular formula is C11H10BrN3O. The smallest absolute Gasteiger partial charge is 0.267 e. The SMILES string of the molecule is O=C(NCc1ccncc1)c1cc(Br)c[nH]1. The third kappa shape index (κ3) is 2.70. The maximum atomic E-state index is 11.7. The lowest BCUT2D eigenvalue weighted by Crippen LogP contribution is -2.22. The van der Waals surface area contributed by atoms with Crippen LogP contribution >= 0.6 is 15.9 Å². The lowest BCUT2D eigenvalue weighted by molar-refractivity contribution is 0.0946. The summed E-state index contributed by atoms with van der Waals surface area (Å²) in [5.41, 5.74) is 1.56. The van der Waals surface area contributed by atoms with Crippen molar-refractivity contribution in [2.75, 3.05) is 0 Å². The molecule has 0 unspecified atom stereocenters. The van der Waals surface area contributed by atoms with E-state index >= 15 is 0 Å². The number of carbonyl (C=O) groups is 1. The minimum atomic E-state index is -0.123. The highest BCUT2D eigenvalue weighted by molar-refractivity contribution is 9.10. The van der Waals surface area contributed by atoms with Gasteiger partial charge in [0.15, 0.2) is 0 Å². The van der Waals surface area contributed by atoms with Gasteiger partial charge in [0.25, 0.3) is 5.91 Å². The molecule has 0 saturated carbocycles. The average molecular weight is 280 g/mol. The zero-order valence-electron chi connectivity index (χ0n) is 8.40. The van der Waals surface area contributed by atoms with E-state index in [-0.39, 0.29) is 5.91 Å². The second-order valence-electron chi connectivity index (χ2n) is 3.27. The molecule has 0 atom stereocenters. The van der Waals surface area contributed by atoms with Gasteiger partial charge in [0.05, 0.1) is 0 Å². The Morgan fingerprint density at radius 1 is 1.44 bits per heavy atom. The van der Waals surface area contributed by atoms with Gasteiger partial charge in [0, 0.05) is 29.6 Å². The first kappa shape index (κ1) is 10.9. The quantitative estimate of drug-likeness (QED) is 0.904. The molecule has 0 aliphatic rings. The van der Waals surface area contributed by atoms with E-state index in [9.17, 15) is 4.79 Å². The van der Waals surface area contributed by atoms with Crippen molar-refractivity contribution in [3.8, 4) is 0 Å². The number of H-pyrrole nitrogens is 1. The lowest BCUT2D eigenvalue weighted by Gasteiger charge is -2.02. The summed E-state index contributed by atoms with van der Waals surface area (Å²) >= 11 is 3.28. The molecule has 2 aromatic heterocycles. The van der Waals surface area contributed by atoms with Crippen LogP contribution < -0.4 is 5.32 Å². The molecule has 2 aromatic rings. The third-order valence-corrected chi connectivity index (χ3v) is 2.55. The number of pyridine rings is 1. The summed E-state index contributed by atoms with van der Waals surface area (Å²) in [6.07, 6.45) is 5.13. The van der Waals surface area contributed by atoms with Gasteiger partial charge in [-0.05, 0) is 39.7 Å². The molecule has 82 valence electrons. The summed E-state index contributed by atoms with van der Waals surface area (Å²) in [6, 6.07) is 5.47. The zero-order valence-corrected chi connectivity index (χ0v) is 9.99. The summed E-state index contributed by atoms with van der Waals surface area (Å²) in [5.74, 6) is -0.123. The monoisotopic (exact) mass is 279 g/mol. The topological polar surface area (TPSA) is 57.8 Å².